The van der Waals surface area contributed by atoms with Gasteiger partial charge in [-0.15, -0.1) is 0 Å². The quantitative estimate of drug-likeness (QED) is 0.677. The molecular weight excluding hydrogens is 174 g/mol. The van der Waals surface area contributed by atoms with Gasteiger partial charge in [-0.1, -0.05) is 18.2 Å². The number of sulfonamides is 1. The third-order valence-corrected chi connectivity index (χ3v) is 1.96. The lowest BCUT2D eigenvalue weighted by molar-refractivity contribution is 0.604. The van der Waals surface area contributed by atoms with E-state index in [1.807, 2.05) is 0 Å². The zero-order chi connectivity index (χ0) is 9.78. The third-order valence-electron chi connectivity index (χ3n) is 1.05. The van der Waals surface area contributed by atoms with Crippen molar-refractivity contribution >= 4 is 10.0 Å². The SMILES string of the molecule is C=C(C)/C=C(\C=C/C)S(N)(=O)=O. The number of hydrogen-bond donors (Lipinski definition) is 1. The van der Waals surface area contributed by atoms with Crippen molar-refractivity contribution in [3.05, 3.63) is 35.3 Å². The molecule has 0 unspecified atom stereocenters. The smallest absolute Gasteiger partial charge is 0.225 e. The lowest BCUT2D eigenvalue weighted by atomic mass is 10.3. The van der Waals surface area contributed by atoms with Crippen LogP contribution in [0.15, 0.2) is 35.3 Å². The van der Waals surface area contributed by atoms with E-state index < -0.39 is 10.0 Å². The monoisotopic (exact) mass is 187 g/mol. The van der Waals surface area contributed by atoms with Crippen LogP contribution in [-0.4, -0.2) is 8.42 Å². The predicted molar refractivity (Wildman–Crippen MR) is 50.8 cm³/mol. The van der Waals surface area contributed by atoms with Crippen LogP contribution in [0.5, 0.6) is 0 Å². The van der Waals surface area contributed by atoms with Crippen molar-refractivity contribution in [3.8, 4) is 0 Å². The van der Waals surface area contributed by atoms with E-state index in [0.29, 0.717) is 5.57 Å². The maximum atomic E-state index is 10.9. The second-order valence-corrected chi connectivity index (χ2v) is 4.00. The third kappa shape index (κ3) is 4.10. The van der Waals surface area contributed by atoms with Gasteiger partial charge in [0.2, 0.25) is 10.0 Å². The van der Waals surface area contributed by atoms with Gasteiger partial charge in [0.1, 0.15) is 0 Å². The van der Waals surface area contributed by atoms with Crippen LogP contribution in [0.25, 0.3) is 0 Å². The van der Waals surface area contributed by atoms with E-state index in [0.717, 1.165) is 0 Å². The predicted octanol–water partition coefficient (Wildman–Crippen LogP) is 1.31. The van der Waals surface area contributed by atoms with E-state index in [-0.39, 0.29) is 4.91 Å². The van der Waals surface area contributed by atoms with Gasteiger partial charge >= 0.3 is 0 Å². The Bertz CT molecular complexity index is 323. The molecule has 0 saturated carbocycles. The first kappa shape index (κ1) is 11.1. The highest BCUT2D eigenvalue weighted by molar-refractivity contribution is 7.93. The molecule has 0 fully saturated rings. The van der Waals surface area contributed by atoms with E-state index in [1.54, 1.807) is 19.9 Å². The minimum absolute atomic E-state index is 0.0810. The van der Waals surface area contributed by atoms with Gasteiger partial charge in [0, 0.05) is 0 Å². The summed E-state index contributed by atoms with van der Waals surface area (Å²) in [4.78, 5) is 0.0810. The first-order chi connectivity index (χ1) is 5.38. The fourth-order valence-corrected chi connectivity index (χ4v) is 1.32. The molecule has 68 valence electrons. The van der Waals surface area contributed by atoms with E-state index >= 15 is 0 Å². The van der Waals surface area contributed by atoms with Crippen molar-refractivity contribution in [1.82, 2.24) is 0 Å². The molecule has 4 heteroatoms. The van der Waals surface area contributed by atoms with Crippen molar-refractivity contribution in [2.45, 2.75) is 13.8 Å². The Morgan fingerprint density at radius 1 is 1.50 bits per heavy atom. The Hall–Kier alpha value is -0.870. The van der Waals surface area contributed by atoms with E-state index in [1.165, 1.54) is 12.2 Å². The number of allylic oxidation sites excluding steroid dienone is 4. The first-order valence-electron chi connectivity index (χ1n) is 3.40. The molecule has 0 spiro atoms. The molecule has 0 rings (SSSR count). The van der Waals surface area contributed by atoms with Gasteiger partial charge in [-0.3, -0.25) is 0 Å². The van der Waals surface area contributed by atoms with Gasteiger partial charge in [0.25, 0.3) is 0 Å². The molecule has 0 aromatic carbocycles. The summed E-state index contributed by atoms with van der Waals surface area (Å²) in [6, 6.07) is 0. The number of nitrogens with two attached hydrogens (primary N) is 1. The average molecular weight is 187 g/mol. The maximum absolute atomic E-state index is 10.9. The lowest BCUT2D eigenvalue weighted by Gasteiger charge is -1.97. The topological polar surface area (TPSA) is 60.2 Å². The van der Waals surface area contributed by atoms with Crippen molar-refractivity contribution in [2.24, 2.45) is 5.14 Å². The van der Waals surface area contributed by atoms with Crippen LogP contribution in [0.2, 0.25) is 0 Å². The largest absolute Gasteiger partial charge is 0.238 e. The van der Waals surface area contributed by atoms with E-state index in [4.69, 9.17) is 5.14 Å². The van der Waals surface area contributed by atoms with Gasteiger partial charge in [-0.25, -0.2) is 13.6 Å². The van der Waals surface area contributed by atoms with Crippen LogP contribution >= 0.6 is 0 Å². The molecule has 0 heterocycles. The Morgan fingerprint density at radius 2 is 2.00 bits per heavy atom. The molecule has 0 amide bonds. The van der Waals surface area contributed by atoms with Gasteiger partial charge in [-0.2, -0.15) is 0 Å². The molecule has 0 atom stereocenters. The minimum atomic E-state index is -3.61. The number of hydrogen-bond acceptors (Lipinski definition) is 2. The van der Waals surface area contributed by atoms with Crippen LogP contribution in [0.3, 0.4) is 0 Å². The molecule has 0 aliphatic heterocycles. The zero-order valence-corrected chi connectivity index (χ0v) is 8.06. The van der Waals surface area contributed by atoms with Crippen LogP contribution in [0, 0.1) is 0 Å². The summed E-state index contributed by atoms with van der Waals surface area (Å²) in [5.41, 5.74) is 0.650. The van der Waals surface area contributed by atoms with Crippen LogP contribution in [-0.2, 0) is 10.0 Å². The molecule has 0 aliphatic rings. The lowest BCUT2D eigenvalue weighted by Crippen LogP contribution is -2.13. The summed E-state index contributed by atoms with van der Waals surface area (Å²) in [6.07, 6.45) is 4.47. The van der Waals surface area contributed by atoms with E-state index in [2.05, 4.69) is 6.58 Å². The summed E-state index contributed by atoms with van der Waals surface area (Å²) < 4.78 is 21.7. The summed E-state index contributed by atoms with van der Waals surface area (Å²) in [5.74, 6) is 0. The number of primary sulfonamides is 1. The molecule has 0 aromatic heterocycles. The summed E-state index contributed by atoms with van der Waals surface area (Å²) >= 11 is 0. The van der Waals surface area contributed by atoms with E-state index in [9.17, 15) is 8.42 Å². The molecule has 0 radical (unpaired) electrons. The van der Waals surface area contributed by atoms with Crippen molar-refractivity contribution < 1.29 is 8.42 Å². The van der Waals surface area contributed by atoms with Crippen LogP contribution in [0.1, 0.15) is 13.8 Å². The Labute approximate surface area is 73.3 Å². The van der Waals surface area contributed by atoms with Crippen molar-refractivity contribution in [2.75, 3.05) is 0 Å². The normalized spacial score (nSPS) is 13.8. The molecule has 0 aromatic rings. The zero-order valence-electron chi connectivity index (χ0n) is 7.24. The van der Waals surface area contributed by atoms with Gasteiger partial charge in [-0.05, 0) is 26.0 Å². The molecule has 3 nitrogen and oxygen atoms in total. The fraction of sp³-hybridized carbons (Fsp3) is 0.250. The molecular formula is C8H13NO2S. The molecule has 0 saturated heterocycles. The second kappa shape index (κ2) is 4.23. The van der Waals surface area contributed by atoms with Gasteiger partial charge in [0.15, 0.2) is 0 Å². The second-order valence-electron chi connectivity index (χ2n) is 2.44. The first-order valence-corrected chi connectivity index (χ1v) is 4.95. The summed E-state index contributed by atoms with van der Waals surface area (Å²) in [7, 11) is -3.61. The highest BCUT2D eigenvalue weighted by Crippen LogP contribution is 2.06. The summed E-state index contributed by atoms with van der Waals surface area (Å²) in [5, 5.41) is 4.93. The van der Waals surface area contributed by atoms with Crippen molar-refractivity contribution in [1.29, 1.82) is 0 Å². The van der Waals surface area contributed by atoms with Gasteiger partial charge < -0.3 is 0 Å². The molecule has 0 aliphatic carbocycles. The van der Waals surface area contributed by atoms with Crippen molar-refractivity contribution in [3.63, 3.8) is 0 Å². The highest BCUT2D eigenvalue weighted by atomic mass is 32.2. The van der Waals surface area contributed by atoms with Gasteiger partial charge in [0.05, 0.1) is 4.91 Å². The Morgan fingerprint density at radius 3 is 2.25 bits per heavy atom. The molecule has 0 bridgehead atoms. The molecule has 12 heavy (non-hydrogen) atoms. The Kier molecular flexibility index (Phi) is 3.92. The summed E-state index contributed by atoms with van der Waals surface area (Å²) in [6.45, 7) is 6.98. The Balaban J connectivity index is 5.08. The highest BCUT2D eigenvalue weighted by Gasteiger charge is 2.06. The van der Waals surface area contributed by atoms with Crippen LogP contribution < -0.4 is 5.14 Å². The maximum Gasteiger partial charge on any atom is 0.238 e. The molecule has 2 N–H and O–H groups in total. The standard InChI is InChI=1S/C8H13NO2S/c1-4-5-8(6-7(2)3)12(9,10)11/h4-6H,2H2,1,3H3,(H2,9,10,11)/b5-4-,8-6+. The number of rotatable bonds is 3. The van der Waals surface area contributed by atoms with Crippen LogP contribution in [0.4, 0.5) is 0 Å². The minimum Gasteiger partial charge on any atom is -0.225 e. The fourth-order valence-electron chi connectivity index (χ4n) is 0.632. The average Bonchev–Trinajstić information content (AvgIpc) is 1.83.